The van der Waals surface area contributed by atoms with E-state index in [0.717, 1.165) is 13.0 Å². The second kappa shape index (κ2) is 6.15. The van der Waals surface area contributed by atoms with Crippen molar-refractivity contribution in [1.29, 1.82) is 0 Å². The molecule has 0 aliphatic carbocycles. The number of likely N-dealkylation sites (N-methyl/N-ethyl adjacent to an activating group) is 1. The van der Waals surface area contributed by atoms with E-state index in [-0.39, 0.29) is 17.9 Å². The van der Waals surface area contributed by atoms with E-state index in [0.29, 0.717) is 39.3 Å². The van der Waals surface area contributed by atoms with Crippen LogP contribution in [-0.4, -0.2) is 74.1 Å². The van der Waals surface area contributed by atoms with Crippen molar-refractivity contribution >= 4 is 11.8 Å². The minimum Gasteiger partial charge on any atom is -0.378 e. The van der Waals surface area contributed by atoms with Gasteiger partial charge in [-0.3, -0.25) is 9.59 Å². The first-order chi connectivity index (χ1) is 8.68. The Labute approximate surface area is 107 Å². The van der Waals surface area contributed by atoms with Crippen molar-refractivity contribution < 1.29 is 14.3 Å². The summed E-state index contributed by atoms with van der Waals surface area (Å²) in [5.74, 6) is 0.276. The number of carbonyl (C=O) groups is 2. The Hall–Kier alpha value is -1.14. The number of likely N-dealkylation sites (tertiary alicyclic amines) is 1. The first kappa shape index (κ1) is 13.3. The third-order valence-corrected chi connectivity index (χ3v) is 3.52. The van der Waals surface area contributed by atoms with Crippen LogP contribution < -0.4 is 5.32 Å². The SMILES string of the molecule is CN1CCC(NCCC(=O)N2CCOCC2)C1=O. The molecule has 2 saturated heterocycles. The quantitative estimate of drug-likeness (QED) is 0.704. The van der Waals surface area contributed by atoms with Crippen LogP contribution in [0.25, 0.3) is 0 Å². The second-order valence-electron chi connectivity index (χ2n) is 4.80. The third kappa shape index (κ3) is 3.20. The van der Waals surface area contributed by atoms with Crippen LogP contribution >= 0.6 is 0 Å². The maximum absolute atomic E-state index is 11.9. The molecule has 0 aromatic heterocycles. The van der Waals surface area contributed by atoms with Crippen molar-refractivity contribution in [2.75, 3.05) is 46.4 Å². The molecule has 2 rings (SSSR count). The molecule has 0 bridgehead atoms. The van der Waals surface area contributed by atoms with Gasteiger partial charge < -0.3 is 19.9 Å². The lowest BCUT2D eigenvalue weighted by Gasteiger charge is -2.27. The maximum Gasteiger partial charge on any atom is 0.239 e. The molecule has 1 N–H and O–H groups in total. The lowest BCUT2D eigenvalue weighted by atomic mass is 10.2. The number of ether oxygens (including phenoxy) is 1. The Morgan fingerprint density at radius 1 is 1.39 bits per heavy atom. The van der Waals surface area contributed by atoms with E-state index < -0.39 is 0 Å². The second-order valence-corrected chi connectivity index (χ2v) is 4.80. The van der Waals surface area contributed by atoms with Crippen molar-refractivity contribution in [3.63, 3.8) is 0 Å². The molecule has 0 aromatic rings. The largest absolute Gasteiger partial charge is 0.378 e. The van der Waals surface area contributed by atoms with Crippen LogP contribution in [0.2, 0.25) is 0 Å². The predicted octanol–water partition coefficient (Wildman–Crippen LogP) is -0.944. The normalized spacial score (nSPS) is 24.7. The van der Waals surface area contributed by atoms with E-state index in [1.807, 2.05) is 11.9 Å². The highest BCUT2D eigenvalue weighted by Gasteiger charge is 2.28. The Kier molecular flexibility index (Phi) is 4.54. The summed E-state index contributed by atoms with van der Waals surface area (Å²) in [4.78, 5) is 27.0. The molecular formula is C12H21N3O3. The number of carbonyl (C=O) groups excluding carboxylic acids is 2. The number of nitrogens with one attached hydrogen (secondary N) is 1. The van der Waals surface area contributed by atoms with Gasteiger partial charge in [0.2, 0.25) is 11.8 Å². The molecule has 2 aliphatic heterocycles. The summed E-state index contributed by atoms with van der Waals surface area (Å²) in [6.07, 6.45) is 1.29. The fraction of sp³-hybridized carbons (Fsp3) is 0.833. The molecule has 0 aromatic carbocycles. The molecule has 6 nitrogen and oxygen atoms in total. The van der Waals surface area contributed by atoms with Gasteiger partial charge in [-0.2, -0.15) is 0 Å². The molecule has 2 amide bonds. The molecule has 18 heavy (non-hydrogen) atoms. The lowest BCUT2D eigenvalue weighted by molar-refractivity contribution is -0.135. The predicted molar refractivity (Wildman–Crippen MR) is 66.1 cm³/mol. The highest BCUT2D eigenvalue weighted by Crippen LogP contribution is 2.08. The number of hydrogen-bond donors (Lipinski definition) is 1. The topological polar surface area (TPSA) is 61.9 Å². The highest BCUT2D eigenvalue weighted by atomic mass is 16.5. The summed E-state index contributed by atoms with van der Waals surface area (Å²) in [5.41, 5.74) is 0. The fourth-order valence-corrected chi connectivity index (χ4v) is 2.34. The highest BCUT2D eigenvalue weighted by molar-refractivity contribution is 5.83. The van der Waals surface area contributed by atoms with E-state index in [4.69, 9.17) is 4.74 Å². The summed E-state index contributed by atoms with van der Waals surface area (Å²) < 4.78 is 5.20. The number of rotatable bonds is 4. The van der Waals surface area contributed by atoms with Crippen LogP contribution in [0.3, 0.4) is 0 Å². The summed E-state index contributed by atoms with van der Waals surface area (Å²) in [6.45, 7) is 4.00. The summed E-state index contributed by atoms with van der Waals surface area (Å²) in [5, 5.41) is 3.16. The van der Waals surface area contributed by atoms with Crippen LogP contribution in [0.5, 0.6) is 0 Å². The average Bonchev–Trinajstić information content (AvgIpc) is 2.71. The van der Waals surface area contributed by atoms with E-state index in [1.165, 1.54) is 0 Å². The summed E-state index contributed by atoms with van der Waals surface area (Å²) in [7, 11) is 1.81. The van der Waals surface area contributed by atoms with E-state index in [1.54, 1.807) is 4.90 Å². The minimum absolute atomic E-state index is 0.104. The molecule has 2 heterocycles. The molecule has 2 fully saturated rings. The third-order valence-electron chi connectivity index (χ3n) is 3.52. The average molecular weight is 255 g/mol. The number of amides is 2. The zero-order chi connectivity index (χ0) is 13.0. The standard InChI is InChI=1S/C12H21N3O3/c1-14-5-3-10(12(14)17)13-4-2-11(16)15-6-8-18-9-7-15/h10,13H,2-9H2,1H3. The monoisotopic (exact) mass is 255 g/mol. The van der Waals surface area contributed by atoms with Gasteiger partial charge in [0.1, 0.15) is 0 Å². The molecule has 2 aliphatic rings. The Morgan fingerprint density at radius 3 is 2.72 bits per heavy atom. The van der Waals surface area contributed by atoms with Crippen molar-refractivity contribution in [2.24, 2.45) is 0 Å². The van der Waals surface area contributed by atoms with E-state index in [2.05, 4.69) is 5.32 Å². The maximum atomic E-state index is 11.9. The van der Waals surface area contributed by atoms with Gasteiger partial charge in [-0.1, -0.05) is 0 Å². The summed E-state index contributed by atoms with van der Waals surface area (Å²) >= 11 is 0. The number of hydrogen-bond acceptors (Lipinski definition) is 4. The molecule has 6 heteroatoms. The molecule has 1 atom stereocenters. The molecule has 0 saturated carbocycles. The van der Waals surface area contributed by atoms with Gasteiger partial charge in [0.25, 0.3) is 0 Å². The van der Waals surface area contributed by atoms with Gasteiger partial charge in [-0.05, 0) is 6.42 Å². The van der Waals surface area contributed by atoms with E-state index >= 15 is 0 Å². The molecular weight excluding hydrogens is 234 g/mol. The first-order valence-electron chi connectivity index (χ1n) is 6.52. The molecule has 102 valence electrons. The van der Waals surface area contributed by atoms with Crippen molar-refractivity contribution in [1.82, 2.24) is 15.1 Å². The van der Waals surface area contributed by atoms with Gasteiger partial charge >= 0.3 is 0 Å². The van der Waals surface area contributed by atoms with Crippen LogP contribution in [0.1, 0.15) is 12.8 Å². The van der Waals surface area contributed by atoms with Crippen molar-refractivity contribution in [2.45, 2.75) is 18.9 Å². The lowest BCUT2D eigenvalue weighted by Crippen LogP contribution is -2.43. The van der Waals surface area contributed by atoms with Crippen LogP contribution in [0.15, 0.2) is 0 Å². The minimum atomic E-state index is -0.104. The first-order valence-corrected chi connectivity index (χ1v) is 6.52. The zero-order valence-corrected chi connectivity index (χ0v) is 10.9. The smallest absolute Gasteiger partial charge is 0.239 e. The molecule has 0 spiro atoms. The summed E-state index contributed by atoms with van der Waals surface area (Å²) in [6, 6.07) is -0.104. The van der Waals surface area contributed by atoms with Gasteiger partial charge in [-0.15, -0.1) is 0 Å². The number of nitrogens with zero attached hydrogens (tertiary/aromatic N) is 2. The van der Waals surface area contributed by atoms with Gasteiger partial charge in [0, 0.05) is 39.6 Å². The fourth-order valence-electron chi connectivity index (χ4n) is 2.34. The van der Waals surface area contributed by atoms with Crippen molar-refractivity contribution in [3.05, 3.63) is 0 Å². The Balaban J connectivity index is 1.65. The van der Waals surface area contributed by atoms with Gasteiger partial charge in [-0.25, -0.2) is 0 Å². The van der Waals surface area contributed by atoms with Crippen LogP contribution in [-0.2, 0) is 14.3 Å². The Morgan fingerprint density at radius 2 is 2.11 bits per heavy atom. The van der Waals surface area contributed by atoms with Crippen LogP contribution in [0, 0.1) is 0 Å². The van der Waals surface area contributed by atoms with Gasteiger partial charge in [0.15, 0.2) is 0 Å². The number of morpholine rings is 1. The van der Waals surface area contributed by atoms with Gasteiger partial charge in [0.05, 0.1) is 19.3 Å². The van der Waals surface area contributed by atoms with Crippen LogP contribution in [0.4, 0.5) is 0 Å². The van der Waals surface area contributed by atoms with Crippen molar-refractivity contribution in [3.8, 4) is 0 Å². The molecule has 1 unspecified atom stereocenters. The zero-order valence-electron chi connectivity index (χ0n) is 10.9. The van der Waals surface area contributed by atoms with E-state index in [9.17, 15) is 9.59 Å². The molecule has 0 radical (unpaired) electrons. The Bertz CT molecular complexity index is 316.